The molecule has 6 heteroatoms. The van der Waals surface area contributed by atoms with E-state index in [0.29, 0.717) is 17.8 Å². The molecule has 2 aliphatic heterocycles. The molecule has 0 saturated carbocycles. The summed E-state index contributed by atoms with van der Waals surface area (Å²) >= 11 is 1.91. The Kier molecular flexibility index (Phi) is 8.08. The highest BCUT2D eigenvalue weighted by molar-refractivity contribution is 7.11. The fourth-order valence-electron chi connectivity index (χ4n) is 6.24. The van der Waals surface area contributed by atoms with Crippen LogP contribution in [0.2, 0.25) is 0 Å². The molecule has 0 bridgehead atoms. The van der Waals surface area contributed by atoms with Gasteiger partial charge < -0.3 is 10.0 Å². The van der Waals surface area contributed by atoms with E-state index in [-0.39, 0.29) is 0 Å². The molecule has 0 radical (unpaired) electrons. The first-order valence-corrected chi connectivity index (χ1v) is 14.4. The van der Waals surface area contributed by atoms with Crippen molar-refractivity contribution in [3.8, 4) is 0 Å². The lowest BCUT2D eigenvalue weighted by Gasteiger charge is -2.34. The van der Waals surface area contributed by atoms with Crippen LogP contribution in [0.15, 0.2) is 54.6 Å². The molecule has 0 amide bonds. The zero-order valence-electron chi connectivity index (χ0n) is 22.3. The minimum Gasteiger partial charge on any atom is -0.480 e. The minimum atomic E-state index is -0.726. The highest BCUT2D eigenvalue weighted by Crippen LogP contribution is 2.38. The molecule has 3 heterocycles. The number of piperidine rings is 1. The lowest BCUT2D eigenvalue weighted by Crippen LogP contribution is -2.40. The van der Waals surface area contributed by atoms with Crippen molar-refractivity contribution in [3.63, 3.8) is 0 Å². The van der Waals surface area contributed by atoms with Gasteiger partial charge in [0.1, 0.15) is 6.04 Å². The molecule has 5 nitrogen and oxygen atoms in total. The standard InChI is InChI=1S/C31H39N3O2S/c1-21-8-7-11-26(16-21)28-20-34(23(3)31(35)36)19-27(28)18-33-14-12-25(13-15-33)30-22(2)32-29(37-30)17-24-9-5-4-6-10-24/h4-11,16,23,25,27-28H,12-15,17-20H2,1-3H3,(H,35,36). The third-order valence-corrected chi connectivity index (χ3v) is 9.69. The zero-order valence-corrected chi connectivity index (χ0v) is 23.1. The number of benzene rings is 2. The maximum Gasteiger partial charge on any atom is 0.320 e. The molecule has 2 aliphatic rings. The lowest BCUT2D eigenvalue weighted by molar-refractivity contribution is -0.142. The van der Waals surface area contributed by atoms with Gasteiger partial charge in [-0.3, -0.25) is 9.69 Å². The van der Waals surface area contributed by atoms with E-state index in [9.17, 15) is 9.90 Å². The van der Waals surface area contributed by atoms with Crippen LogP contribution >= 0.6 is 11.3 Å². The molecule has 0 aliphatic carbocycles. The van der Waals surface area contributed by atoms with Crippen molar-refractivity contribution in [2.24, 2.45) is 5.92 Å². The molecule has 2 saturated heterocycles. The molecule has 1 N–H and O–H groups in total. The van der Waals surface area contributed by atoms with Gasteiger partial charge in [0.25, 0.3) is 0 Å². The fraction of sp³-hybridized carbons (Fsp3) is 0.484. The summed E-state index contributed by atoms with van der Waals surface area (Å²) in [5, 5.41) is 10.9. The largest absolute Gasteiger partial charge is 0.480 e. The molecule has 1 aromatic heterocycles. The summed E-state index contributed by atoms with van der Waals surface area (Å²) in [5.74, 6) is 0.695. The van der Waals surface area contributed by atoms with Crippen molar-refractivity contribution in [2.45, 2.75) is 57.9 Å². The molecule has 3 unspecified atom stereocenters. The average Bonchev–Trinajstić information content (AvgIpc) is 3.47. The highest BCUT2D eigenvalue weighted by atomic mass is 32.1. The predicted octanol–water partition coefficient (Wildman–Crippen LogP) is 5.72. The lowest BCUT2D eigenvalue weighted by atomic mass is 9.87. The third-order valence-electron chi connectivity index (χ3n) is 8.37. The van der Waals surface area contributed by atoms with Crippen molar-refractivity contribution in [2.75, 3.05) is 32.7 Å². The molecule has 2 aromatic carbocycles. The fourth-order valence-corrected chi connectivity index (χ4v) is 7.51. The number of carboxylic acids is 1. The van der Waals surface area contributed by atoms with Gasteiger partial charge in [-0.1, -0.05) is 60.2 Å². The number of likely N-dealkylation sites (tertiary alicyclic amines) is 2. The Labute approximate surface area is 225 Å². The van der Waals surface area contributed by atoms with E-state index < -0.39 is 12.0 Å². The number of aromatic nitrogens is 1. The van der Waals surface area contributed by atoms with E-state index in [1.54, 1.807) is 0 Å². The normalized spacial score (nSPS) is 22.4. The van der Waals surface area contributed by atoms with Gasteiger partial charge in [0.15, 0.2) is 0 Å². The number of carbonyl (C=O) groups is 1. The van der Waals surface area contributed by atoms with E-state index in [4.69, 9.17) is 4.98 Å². The summed E-state index contributed by atoms with van der Waals surface area (Å²) in [7, 11) is 0. The van der Waals surface area contributed by atoms with E-state index in [1.165, 1.54) is 45.1 Å². The summed E-state index contributed by atoms with van der Waals surface area (Å²) in [5.41, 5.74) is 5.16. The Bertz CT molecular complexity index is 1200. The molecule has 0 spiro atoms. The van der Waals surface area contributed by atoms with Crippen molar-refractivity contribution in [1.29, 1.82) is 0 Å². The van der Waals surface area contributed by atoms with Gasteiger partial charge in [0.05, 0.1) is 10.7 Å². The maximum absolute atomic E-state index is 11.7. The first-order chi connectivity index (χ1) is 17.9. The summed E-state index contributed by atoms with van der Waals surface area (Å²) in [4.78, 5) is 22.9. The van der Waals surface area contributed by atoms with E-state index >= 15 is 0 Å². The Morgan fingerprint density at radius 2 is 1.84 bits per heavy atom. The third kappa shape index (κ3) is 6.14. The number of rotatable bonds is 8. The molecule has 37 heavy (non-hydrogen) atoms. The number of hydrogen-bond acceptors (Lipinski definition) is 5. The number of hydrogen-bond donors (Lipinski definition) is 1. The van der Waals surface area contributed by atoms with Crippen LogP contribution in [-0.2, 0) is 11.2 Å². The first kappa shape index (κ1) is 26.1. The van der Waals surface area contributed by atoms with Crippen molar-refractivity contribution in [3.05, 3.63) is 86.9 Å². The summed E-state index contributed by atoms with van der Waals surface area (Å²) in [6, 6.07) is 19.0. The van der Waals surface area contributed by atoms with Crippen LogP contribution in [0.3, 0.4) is 0 Å². The van der Waals surface area contributed by atoms with Crippen molar-refractivity contribution < 1.29 is 9.90 Å². The van der Waals surface area contributed by atoms with Crippen LogP contribution < -0.4 is 0 Å². The van der Waals surface area contributed by atoms with Gasteiger partial charge in [-0.25, -0.2) is 4.98 Å². The second kappa shape index (κ2) is 11.5. The van der Waals surface area contributed by atoms with E-state index in [0.717, 1.165) is 39.1 Å². The second-order valence-electron chi connectivity index (χ2n) is 11.0. The Balaban J connectivity index is 1.22. The smallest absolute Gasteiger partial charge is 0.320 e. The maximum atomic E-state index is 11.7. The van der Waals surface area contributed by atoms with Crippen LogP contribution in [0.5, 0.6) is 0 Å². The summed E-state index contributed by atoms with van der Waals surface area (Å²) < 4.78 is 0. The number of thiazole rings is 1. The van der Waals surface area contributed by atoms with Gasteiger partial charge in [-0.15, -0.1) is 11.3 Å². The van der Waals surface area contributed by atoms with Gasteiger partial charge in [-0.2, -0.15) is 0 Å². The van der Waals surface area contributed by atoms with Gasteiger partial charge in [0.2, 0.25) is 0 Å². The van der Waals surface area contributed by atoms with Gasteiger partial charge >= 0.3 is 5.97 Å². The number of nitrogens with zero attached hydrogens (tertiary/aromatic N) is 3. The van der Waals surface area contributed by atoms with Gasteiger partial charge in [-0.05, 0) is 69.7 Å². The molecule has 5 rings (SSSR count). The highest BCUT2D eigenvalue weighted by Gasteiger charge is 2.39. The first-order valence-electron chi connectivity index (χ1n) is 13.6. The molecule has 3 aromatic rings. The number of carboxylic acid groups (broad SMARTS) is 1. The number of aryl methyl sites for hydroxylation is 2. The Morgan fingerprint density at radius 3 is 2.54 bits per heavy atom. The van der Waals surface area contributed by atoms with Gasteiger partial charge in [0, 0.05) is 36.9 Å². The minimum absolute atomic E-state index is 0.378. The van der Waals surface area contributed by atoms with Crippen LogP contribution in [0, 0.1) is 19.8 Å². The topological polar surface area (TPSA) is 56.7 Å². The Hall–Kier alpha value is -2.54. The Morgan fingerprint density at radius 1 is 1.08 bits per heavy atom. The van der Waals surface area contributed by atoms with Crippen LogP contribution in [-0.4, -0.2) is 64.6 Å². The SMILES string of the molecule is Cc1cccc(C2CN(C(C)C(=O)O)CC2CN2CCC(c3sc(Cc4ccccc4)nc3C)CC2)c1. The van der Waals surface area contributed by atoms with E-state index in [1.807, 2.05) is 18.3 Å². The quantitative estimate of drug-likeness (QED) is 0.414. The predicted molar refractivity (Wildman–Crippen MR) is 151 cm³/mol. The van der Waals surface area contributed by atoms with Crippen molar-refractivity contribution >= 4 is 17.3 Å². The van der Waals surface area contributed by atoms with Crippen LogP contribution in [0.25, 0.3) is 0 Å². The zero-order chi connectivity index (χ0) is 25.9. The average molecular weight is 518 g/mol. The molecule has 196 valence electrons. The van der Waals surface area contributed by atoms with E-state index in [2.05, 4.69) is 78.2 Å². The molecular weight excluding hydrogens is 478 g/mol. The van der Waals surface area contributed by atoms with Crippen LogP contribution in [0.1, 0.15) is 63.9 Å². The monoisotopic (exact) mass is 517 g/mol. The molecule has 2 fully saturated rings. The molecule has 3 atom stereocenters. The second-order valence-corrected chi connectivity index (χ2v) is 12.2. The summed E-state index contributed by atoms with van der Waals surface area (Å²) in [6.07, 6.45) is 3.26. The summed E-state index contributed by atoms with van der Waals surface area (Å²) in [6.45, 7) is 11.1. The molecular formula is C31H39N3O2S. The van der Waals surface area contributed by atoms with Crippen LogP contribution in [0.4, 0.5) is 0 Å². The number of aliphatic carboxylic acids is 1. The van der Waals surface area contributed by atoms with Crippen molar-refractivity contribution in [1.82, 2.24) is 14.8 Å².